The molecule has 1 N–H and O–H groups in total. The summed E-state index contributed by atoms with van der Waals surface area (Å²) >= 11 is 8.33. The molecule has 0 aromatic heterocycles. The third-order valence-corrected chi connectivity index (χ3v) is 0.815. The molecule has 0 atom stereocenters. The largest absolute Gasteiger partial charge is 0.370 e. The molecule has 10 heavy (non-hydrogen) atoms. The maximum absolute atomic E-state index is 8.02. The maximum Gasteiger partial charge on any atom is 0.130 e. The molecule has 0 fully saturated rings. The van der Waals surface area contributed by atoms with E-state index in [1.807, 2.05) is 6.07 Å². The van der Waals surface area contributed by atoms with Crippen LogP contribution >= 0.6 is 24.8 Å². The molecule has 0 aliphatic heterocycles. The van der Waals surface area contributed by atoms with Crippen LogP contribution in [0.15, 0.2) is 0 Å². The van der Waals surface area contributed by atoms with Crippen LogP contribution in [0, 0.1) is 11.3 Å². The smallest absolute Gasteiger partial charge is 0.130 e. The number of nitriles is 1. The van der Waals surface area contributed by atoms with Crippen molar-refractivity contribution in [2.45, 2.75) is 6.42 Å². The molecule has 0 aromatic rings. The van der Waals surface area contributed by atoms with Crippen molar-refractivity contribution in [1.29, 1.82) is 5.26 Å². The minimum atomic E-state index is 0. The minimum absolute atomic E-state index is 0. The van der Waals surface area contributed by atoms with Crippen molar-refractivity contribution >= 4 is 132 Å². The van der Waals surface area contributed by atoms with Crippen LogP contribution in [0.3, 0.4) is 0 Å². The van der Waals surface area contributed by atoms with Crippen LogP contribution in [0.1, 0.15) is 6.42 Å². The molecule has 0 saturated carbocycles. The summed E-state index contributed by atoms with van der Waals surface area (Å²) in [7, 11) is 0. The molecule has 0 heterocycles. The average molecular weight is 224 g/mol. The molecule has 0 amide bonds. The molecule has 0 aliphatic carbocycles. The number of rotatable bonds is 2. The second-order valence-corrected chi connectivity index (χ2v) is 2.30. The molecule has 6 heteroatoms. The Balaban J connectivity index is -0.000000245. The maximum atomic E-state index is 8.02. The van der Waals surface area contributed by atoms with E-state index < -0.39 is 0 Å². The standard InChI is InChI=1S/C4H6N2S2.2K/c5-2-1-3-6-4(7)8;;/h1,3H2,(H2,6,7,8);;. The monoisotopic (exact) mass is 224 g/mol. The van der Waals surface area contributed by atoms with E-state index in [1.54, 1.807) is 0 Å². The van der Waals surface area contributed by atoms with Gasteiger partial charge < -0.3 is 5.32 Å². The topological polar surface area (TPSA) is 35.8 Å². The van der Waals surface area contributed by atoms with Gasteiger partial charge >= 0.3 is 0 Å². The van der Waals surface area contributed by atoms with Crippen LogP contribution in [0.4, 0.5) is 0 Å². The number of thiol groups is 1. The first kappa shape index (κ1) is 18.7. The van der Waals surface area contributed by atoms with Crippen LogP contribution in [0.2, 0.25) is 0 Å². The van der Waals surface area contributed by atoms with Gasteiger partial charge in [-0.25, -0.2) is 0 Å². The van der Waals surface area contributed by atoms with Crippen molar-refractivity contribution in [3.05, 3.63) is 0 Å². The van der Waals surface area contributed by atoms with E-state index in [-0.39, 0.29) is 103 Å². The summed E-state index contributed by atoms with van der Waals surface area (Å²) in [5.41, 5.74) is 0. The van der Waals surface area contributed by atoms with Crippen LogP contribution in [-0.2, 0) is 0 Å². The molecular weight excluding hydrogens is 218 g/mol. The Morgan fingerprint density at radius 2 is 2.10 bits per heavy atom. The first-order valence-electron chi connectivity index (χ1n) is 2.11. The second kappa shape index (κ2) is 14.5. The van der Waals surface area contributed by atoms with Crippen LogP contribution < -0.4 is 5.32 Å². The number of thiocarbonyl (C=S) groups is 1. The van der Waals surface area contributed by atoms with Gasteiger partial charge in [0.05, 0.1) is 12.5 Å². The fraction of sp³-hybridized carbons (Fsp3) is 0.500. The molecule has 0 spiro atoms. The minimum Gasteiger partial charge on any atom is -0.370 e. The van der Waals surface area contributed by atoms with Crippen molar-refractivity contribution in [3.8, 4) is 6.07 Å². The van der Waals surface area contributed by atoms with Crippen LogP contribution in [-0.4, -0.2) is 114 Å². The van der Waals surface area contributed by atoms with Crippen molar-refractivity contribution in [2.75, 3.05) is 6.54 Å². The van der Waals surface area contributed by atoms with E-state index in [0.717, 1.165) is 0 Å². The Morgan fingerprint density at radius 1 is 1.60 bits per heavy atom. The molecular formula is C4H6K2N2S2. The van der Waals surface area contributed by atoms with Gasteiger partial charge in [0.1, 0.15) is 4.32 Å². The molecule has 0 rings (SSSR count). The SMILES string of the molecule is N#CCCNC(=S)S.[K].[K]. The van der Waals surface area contributed by atoms with Gasteiger partial charge in [0.2, 0.25) is 0 Å². The first-order valence-corrected chi connectivity index (χ1v) is 2.96. The van der Waals surface area contributed by atoms with Crippen molar-refractivity contribution < 1.29 is 0 Å². The van der Waals surface area contributed by atoms with Crippen molar-refractivity contribution in [3.63, 3.8) is 0 Å². The zero-order valence-corrected chi connectivity index (χ0v) is 14.2. The molecule has 0 bridgehead atoms. The summed E-state index contributed by atoms with van der Waals surface area (Å²) in [5, 5.41) is 10.7. The normalized spacial score (nSPS) is 6.00. The third kappa shape index (κ3) is 17.2. The van der Waals surface area contributed by atoms with E-state index in [2.05, 4.69) is 30.2 Å². The van der Waals surface area contributed by atoms with Gasteiger partial charge in [-0.3, -0.25) is 0 Å². The number of hydrogen-bond donors (Lipinski definition) is 2. The predicted molar refractivity (Wildman–Crippen MR) is 51.3 cm³/mol. The summed E-state index contributed by atoms with van der Waals surface area (Å²) in [4.78, 5) is 0. The Hall–Kier alpha value is 3.00. The molecule has 0 aliphatic rings. The Labute approximate surface area is 157 Å². The van der Waals surface area contributed by atoms with E-state index in [4.69, 9.17) is 5.26 Å². The van der Waals surface area contributed by atoms with Gasteiger partial charge in [0, 0.05) is 109 Å². The fourth-order valence-corrected chi connectivity index (χ4v) is 0.439. The summed E-state index contributed by atoms with van der Waals surface area (Å²) in [6.45, 7) is 0.596. The predicted octanol–water partition coefficient (Wildman–Crippen LogP) is -0.0572. The van der Waals surface area contributed by atoms with E-state index in [1.165, 1.54) is 0 Å². The van der Waals surface area contributed by atoms with Gasteiger partial charge in [-0.2, -0.15) is 5.26 Å². The van der Waals surface area contributed by atoms with Gasteiger partial charge in [-0.15, -0.1) is 12.6 Å². The zero-order chi connectivity index (χ0) is 6.41. The second-order valence-electron chi connectivity index (χ2n) is 1.14. The van der Waals surface area contributed by atoms with Crippen LogP contribution in [0.5, 0.6) is 0 Å². The Morgan fingerprint density at radius 3 is 2.40 bits per heavy atom. The Kier molecular flexibility index (Phi) is 27.2. The summed E-state index contributed by atoms with van der Waals surface area (Å²) < 4.78 is 0.445. The van der Waals surface area contributed by atoms with E-state index in [9.17, 15) is 0 Å². The van der Waals surface area contributed by atoms with Gasteiger partial charge in [-0.1, -0.05) is 12.2 Å². The number of hydrogen-bond acceptors (Lipinski definition) is 2. The van der Waals surface area contributed by atoms with Crippen molar-refractivity contribution in [1.82, 2.24) is 5.32 Å². The van der Waals surface area contributed by atoms with Gasteiger partial charge in [-0.05, 0) is 0 Å². The molecule has 46 valence electrons. The third-order valence-electron chi connectivity index (χ3n) is 0.513. The molecule has 0 aromatic carbocycles. The fourth-order valence-electron chi connectivity index (χ4n) is 0.225. The number of nitrogens with one attached hydrogen (secondary N) is 1. The summed E-state index contributed by atoms with van der Waals surface area (Å²) in [6, 6.07) is 1.97. The average Bonchev–Trinajstić information content (AvgIpc) is 1.66. The molecule has 0 saturated heterocycles. The summed E-state index contributed by atoms with van der Waals surface area (Å²) in [6.07, 6.45) is 0.473. The molecule has 2 radical (unpaired) electrons. The van der Waals surface area contributed by atoms with Gasteiger partial charge in [0.15, 0.2) is 0 Å². The quantitative estimate of drug-likeness (QED) is 0.299. The van der Waals surface area contributed by atoms with Gasteiger partial charge in [0.25, 0.3) is 0 Å². The summed E-state index contributed by atoms with van der Waals surface area (Å²) in [5.74, 6) is 0. The Bertz CT molecular complexity index is 123. The van der Waals surface area contributed by atoms with Crippen LogP contribution in [0.25, 0.3) is 0 Å². The van der Waals surface area contributed by atoms with Crippen molar-refractivity contribution in [2.24, 2.45) is 0 Å². The molecule has 2 nitrogen and oxygen atoms in total. The molecule has 0 unspecified atom stereocenters. The number of nitrogens with zero attached hydrogens (tertiary/aromatic N) is 1. The zero-order valence-electron chi connectivity index (χ0n) is 6.22. The first-order chi connectivity index (χ1) is 3.77. The van der Waals surface area contributed by atoms with E-state index in [0.29, 0.717) is 17.3 Å². The van der Waals surface area contributed by atoms with E-state index >= 15 is 0 Å².